The van der Waals surface area contributed by atoms with Gasteiger partial charge in [0.25, 0.3) is 0 Å². The Morgan fingerprint density at radius 2 is 1.66 bits per heavy atom. The number of hydrogen-bond acceptors (Lipinski definition) is 2. The number of carbonyl (C=O) groups excluding carboxylic acids is 1. The molecule has 1 heterocycles. The molecule has 2 amide bonds. The summed E-state index contributed by atoms with van der Waals surface area (Å²) in [5.41, 5.74) is 3.97. The van der Waals surface area contributed by atoms with E-state index in [1.54, 1.807) is 42.5 Å². The maximum atomic E-state index is 13.7. The molecule has 0 spiro atoms. The van der Waals surface area contributed by atoms with Crippen LogP contribution < -0.4 is 5.32 Å². The molecule has 0 radical (unpaired) electrons. The van der Waals surface area contributed by atoms with Gasteiger partial charge in [-0.2, -0.15) is 5.10 Å². The van der Waals surface area contributed by atoms with E-state index >= 15 is 0 Å². The molecule has 2 atom stereocenters. The molecule has 3 aromatic carbocycles. The van der Waals surface area contributed by atoms with Gasteiger partial charge in [-0.1, -0.05) is 47.5 Å². The Balaban J connectivity index is 1.51. The van der Waals surface area contributed by atoms with E-state index in [1.165, 1.54) is 29.3 Å². The second-order valence-corrected chi connectivity index (χ2v) is 9.42. The van der Waals surface area contributed by atoms with Gasteiger partial charge < -0.3 is 5.32 Å². The van der Waals surface area contributed by atoms with Crippen molar-refractivity contribution in [2.45, 2.75) is 25.3 Å². The summed E-state index contributed by atoms with van der Waals surface area (Å²) in [7, 11) is 0. The standard InChI is InChI=1S/C27H21Cl2F2N3O/c28-23-13-12-21(15-24(23)29)32-27(35)34-26(17-6-10-20(31)11-7-17)22-3-1-2-18(25(22)33-34)14-16-4-8-19(30)9-5-16/h4-15,22,26H,1-3H2,(H,32,35)/b18-14+. The fourth-order valence-corrected chi connectivity index (χ4v) is 4.97. The fraction of sp³-hybridized carbons (Fsp3) is 0.185. The number of allylic oxidation sites excluding steroid dienone is 1. The Morgan fingerprint density at radius 3 is 2.34 bits per heavy atom. The van der Waals surface area contributed by atoms with Crippen LogP contribution in [0.2, 0.25) is 10.0 Å². The molecule has 1 N–H and O–H groups in total. The summed E-state index contributed by atoms with van der Waals surface area (Å²) in [6.07, 6.45) is 4.53. The summed E-state index contributed by atoms with van der Waals surface area (Å²) < 4.78 is 27.0. The van der Waals surface area contributed by atoms with Crippen LogP contribution in [0.5, 0.6) is 0 Å². The maximum absolute atomic E-state index is 13.7. The summed E-state index contributed by atoms with van der Waals surface area (Å²) in [4.78, 5) is 13.4. The molecule has 0 bridgehead atoms. The highest BCUT2D eigenvalue weighted by molar-refractivity contribution is 6.42. The molecule has 178 valence electrons. The second-order valence-electron chi connectivity index (χ2n) is 8.61. The van der Waals surface area contributed by atoms with Gasteiger partial charge in [0.2, 0.25) is 0 Å². The van der Waals surface area contributed by atoms with Crippen molar-refractivity contribution in [2.75, 3.05) is 5.32 Å². The lowest BCUT2D eigenvalue weighted by atomic mass is 9.77. The molecule has 4 nitrogen and oxygen atoms in total. The van der Waals surface area contributed by atoms with Gasteiger partial charge in [0.05, 0.1) is 21.8 Å². The molecule has 0 aromatic heterocycles. The third-order valence-corrected chi connectivity index (χ3v) is 7.04. The van der Waals surface area contributed by atoms with Crippen LogP contribution >= 0.6 is 23.2 Å². The van der Waals surface area contributed by atoms with Crippen LogP contribution in [-0.2, 0) is 0 Å². The van der Waals surface area contributed by atoms with Crippen molar-refractivity contribution >= 4 is 46.7 Å². The quantitative estimate of drug-likeness (QED) is 0.379. The smallest absolute Gasteiger partial charge is 0.306 e. The third-order valence-electron chi connectivity index (χ3n) is 6.30. The van der Waals surface area contributed by atoms with Crippen molar-refractivity contribution in [2.24, 2.45) is 11.0 Å². The predicted octanol–water partition coefficient (Wildman–Crippen LogP) is 8.10. The molecular weight excluding hydrogens is 491 g/mol. The first-order chi connectivity index (χ1) is 16.9. The Labute approximate surface area is 211 Å². The highest BCUT2D eigenvalue weighted by Gasteiger charge is 2.43. The molecule has 2 aliphatic rings. The normalized spacial score (nSPS) is 20.5. The second kappa shape index (κ2) is 9.80. The molecule has 1 aliphatic carbocycles. The van der Waals surface area contributed by atoms with Gasteiger partial charge in [0, 0.05) is 11.6 Å². The Bertz CT molecular complexity index is 1320. The first-order valence-electron chi connectivity index (χ1n) is 11.2. The van der Waals surface area contributed by atoms with E-state index in [-0.39, 0.29) is 17.6 Å². The minimum Gasteiger partial charge on any atom is -0.306 e. The summed E-state index contributed by atoms with van der Waals surface area (Å²) in [5.74, 6) is -0.700. The number of anilines is 1. The summed E-state index contributed by atoms with van der Waals surface area (Å²) >= 11 is 12.1. The predicted molar refractivity (Wildman–Crippen MR) is 136 cm³/mol. The van der Waals surface area contributed by atoms with Crippen molar-refractivity contribution < 1.29 is 13.6 Å². The van der Waals surface area contributed by atoms with Crippen molar-refractivity contribution in [3.63, 3.8) is 0 Å². The molecule has 5 rings (SSSR count). The zero-order chi connectivity index (χ0) is 24.5. The van der Waals surface area contributed by atoms with Gasteiger partial charge in [-0.15, -0.1) is 0 Å². The minimum absolute atomic E-state index is 0.0551. The van der Waals surface area contributed by atoms with Gasteiger partial charge in [-0.25, -0.2) is 18.6 Å². The lowest BCUT2D eigenvalue weighted by molar-refractivity contribution is 0.188. The molecule has 35 heavy (non-hydrogen) atoms. The number of urea groups is 1. The summed E-state index contributed by atoms with van der Waals surface area (Å²) in [6.45, 7) is 0. The van der Waals surface area contributed by atoms with Crippen molar-refractivity contribution in [1.82, 2.24) is 5.01 Å². The number of hydrazone groups is 1. The first-order valence-corrected chi connectivity index (χ1v) is 12.0. The lowest BCUT2D eigenvalue weighted by Crippen LogP contribution is -2.34. The van der Waals surface area contributed by atoms with Gasteiger partial charge in [0.1, 0.15) is 11.6 Å². The van der Waals surface area contributed by atoms with Crippen molar-refractivity contribution in [3.05, 3.63) is 105 Å². The monoisotopic (exact) mass is 511 g/mol. The molecule has 3 aromatic rings. The average molecular weight is 512 g/mol. The number of amides is 2. The van der Waals surface area contributed by atoms with E-state index in [1.807, 2.05) is 6.08 Å². The molecular formula is C27H21Cl2F2N3O. The number of nitrogens with one attached hydrogen (secondary N) is 1. The Kier molecular flexibility index (Phi) is 6.58. The maximum Gasteiger partial charge on any atom is 0.342 e. The number of halogens is 4. The van der Waals surface area contributed by atoms with E-state index in [9.17, 15) is 13.6 Å². The van der Waals surface area contributed by atoms with Crippen LogP contribution in [0, 0.1) is 17.6 Å². The zero-order valence-corrected chi connectivity index (χ0v) is 20.0. The van der Waals surface area contributed by atoms with Crippen LogP contribution in [0.1, 0.15) is 36.4 Å². The topological polar surface area (TPSA) is 44.7 Å². The van der Waals surface area contributed by atoms with Crippen LogP contribution in [0.4, 0.5) is 19.3 Å². The summed E-state index contributed by atoms with van der Waals surface area (Å²) in [5, 5.41) is 9.75. The molecule has 0 saturated heterocycles. The van der Waals surface area contributed by atoms with Crippen molar-refractivity contribution in [3.8, 4) is 0 Å². The van der Waals surface area contributed by atoms with Crippen LogP contribution in [0.25, 0.3) is 6.08 Å². The van der Waals surface area contributed by atoms with Crippen LogP contribution in [0.3, 0.4) is 0 Å². The molecule has 8 heteroatoms. The SMILES string of the molecule is O=C(Nc1ccc(Cl)c(Cl)c1)N1N=C2/C(=C/c3ccc(F)cc3)CCCC2C1c1ccc(F)cc1. The number of benzene rings is 3. The highest BCUT2D eigenvalue weighted by atomic mass is 35.5. The van der Waals surface area contributed by atoms with E-state index in [0.29, 0.717) is 15.7 Å². The summed E-state index contributed by atoms with van der Waals surface area (Å²) in [6, 6.07) is 16.4. The van der Waals surface area contributed by atoms with Gasteiger partial charge in [-0.05, 0) is 84.5 Å². The Hall–Kier alpha value is -3.22. The Morgan fingerprint density at radius 1 is 0.971 bits per heavy atom. The van der Waals surface area contributed by atoms with E-state index < -0.39 is 12.1 Å². The van der Waals surface area contributed by atoms with Gasteiger partial charge in [0.15, 0.2) is 0 Å². The number of nitrogens with zero attached hydrogens (tertiary/aromatic N) is 2. The molecule has 1 saturated carbocycles. The lowest BCUT2D eigenvalue weighted by Gasteiger charge is -2.29. The van der Waals surface area contributed by atoms with Crippen LogP contribution in [0.15, 0.2) is 77.4 Å². The number of hydrogen-bond donors (Lipinski definition) is 1. The van der Waals surface area contributed by atoms with E-state index in [0.717, 1.165) is 41.7 Å². The van der Waals surface area contributed by atoms with Crippen LogP contribution in [-0.4, -0.2) is 16.8 Å². The van der Waals surface area contributed by atoms with Gasteiger partial charge >= 0.3 is 6.03 Å². The highest BCUT2D eigenvalue weighted by Crippen LogP contribution is 2.44. The average Bonchev–Trinajstić information content (AvgIpc) is 3.24. The van der Waals surface area contributed by atoms with Gasteiger partial charge in [-0.3, -0.25) is 0 Å². The minimum atomic E-state index is -0.430. The third kappa shape index (κ3) is 4.95. The number of carbonyl (C=O) groups is 1. The van der Waals surface area contributed by atoms with Crippen molar-refractivity contribution in [1.29, 1.82) is 0 Å². The fourth-order valence-electron chi connectivity index (χ4n) is 4.68. The number of rotatable bonds is 3. The van der Waals surface area contributed by atoms with E-state index in [2.05, 4.69) is 5.32 Å². The molecule has 1 fully saturated rings. The zero-order valence-electron chi connectivity index (χ0n) is 18.5. The largest absolute Gasteiger partial charge is 0.342 e. The molecule has 2 unspecified atom stereocenters. The molecule has 1 aliphatic heterocycles. The van der Waals surface area contributed by atoms with E-state index in [4.69, 9.17) is 28.3 Å². The first kappa shape index (κ1) is 23.5. The number of fused-ring (bicyclic) bond motifs is 1.